The fourth-order valence-electron chi connectivity index (χ4n) is 2.88. The lowest BCUT2D eigenvalue weighted by molar-refractivity contribution is 0.297. The van der Waals surface area contributed by atoms with Gasteiger partial charge in [-0.05, 0) is 37.6 Å². The van der Waals surface area contributed by atoms with E-state index in [1.807, 2.05) is 13.0 Å². The first-order valence-corrected chi connectivity index (χ1v) is 13.7. The van der Waals surface area contributed by atoms with Gasteiger partial charge < -0.3 is 0 Å². The number of hydrogen-bond acceptors (Lipinski definition) is 3. The predicted molar refractivity (Wildman–Crippen MR) is 106 cm³/mol. The zero-order chi connectivity index (χ0) is 18.7. The van der Waals surface area contributed by atoms with Gasteiger partial charge in [-0.1, -0.05) is 67.2 Å². The molecule has 1 atom stereocenters. The summed E-state index contributed by atoms with van der Waals surface area (Å²) < 4.78 is 30.5. The first-order chi connectivity index (χ1) is 11.6. The summed E-state index contributed by atoms with van der Waals surface area (Å²) in [6.07, 6.45) is 0. The van der Waals surface area contributed by atoms with Gasteiger partial charge in [-0.25, -0.2) is 0 Å². The molecule has 1 unspecified atom stereocenters. The summed E-state index contributed by atoms with van der Waals surface area (Å²) in [6, 6.07) is 16.0. The molecule has 0 radical (unpaired) electrons. The van der Waals surface area contributed by atoms with Crippen molar-refractivity contribution in [1.82, 2.24) is 0 Å². The SMILES string of the molecule is Cc1ccc(S(=O)(=O)OCC(C[Si](C)(C)C)c2cccc(C)c2)cc1. The maximum atomic E-state index is 12.5. The van der Waals surface area contributed by atoms with E-state index in [9.17, 15) is 8.42 Å². The van der Waals surface area contributed by atoms with Crippen molar-refractivity contribution in [2.45, 2.75) is 50.3 Å². The van der Waals surface area contributed by atoms with Crippen LogP contribution in [0.25, 0.3) is 0 Å². The molecule has 0 aromatic heterocycles. The van der Waals surface area contributed by atoms with Gasteiger partial charge in [-0.3, -0.25) is 4.18 Å². The molecule has 3 nitrogen and oxygen atoms in total. The molecule has 2 aromatic carbocycles. The van der Waals surface area contributed by atoms with E-state index in [4.69, 9.17) is 4.18 Å². The molecule has 0 N–H and O–H groups in total. The Morgan fingerprint density at radius 2 is 1.60 bits per heavy atom. The average molecular weight is 377 g/mol. The molecule has 2 rings (SSSR count). The van der Waals surface area contributed by atoms with Gasteiger partial charge in [0.1, 0.15) is 0 Å². The van der Waals surface area contributed by atoms with Gasteiger partial charge in [-0.15, -0.1) is 0 Å². The Bertz CT molecular complexity index is 806. The zero-order valence-corrected chi connectivity index (χ0v) is 17.6. The Kier molecular flexibility index (Phi) is 6.24. The first kappa shape index (κ1) is 19.9. The molecular weight excluding hydrogens is 348 g/mol. The van der Waals surface area contributed by atoms with Crippen molar-refractivity contribution < 1.29 is 12.6 Å². The smallest absolute Gasteiger partial charge is 0.266 e. The van der Waals surface area contributed by atoms with E-state index in [2.05, 4.69) is 44.8 Å². The normalized spacial score (nSPS) is 13.6. The quantitative estimate of drug-likeness (QED) is 0.497. The van der Waals surface area contributed by atoms with Crippen molar-refractivity contribution in [3.63, 3.8) is 0 Å². The van der Waals surface area contributed by atoms with Crippen LogP contribution in [0.2, 0.25) is 25.7 Å². The molecule has 0 aliphatic heterocycles. The molecule has 25 heavy (non-hydrogen) atoms. The zero-order valence-electron chi connectivity index (χ0n) is 15.7. The first-order valence-electron chi connectivity index (χ1n) is 8.59. The summed E-state index contributed by atoms with van der Waals surface area (Å²) in [4.78, 5) is 0.217. The number of rotatable bonds is 7. The van der Waals surface area contributed by atoms with Crippen LogP contribution in [0, 0.1) is 13.8 Å². The second-order valence-electron chi connectivity index (χ2n) is 7.93. The van der Waals surface area contributed by atoms with E-state index >= 15 is 0 Å². The molecule has 5 heteroatoms. The van der Waals surface area contributed by atoms with Gasteiger partial charge >= 0.3 is 0 Å². The fraction of sp³-hybridized carbons (Fsp3) is 0.400. The number of hydrogen-bond donors (Lipinski definition) is 0. The largest absolute Gasteiger partial charge is 0.296 e. The van der Waals surface area contributed by atoms with Gasteiger partial charge in [-0.2, -0.15) is 8.42 Å². The van der Waals surface area contributed by atoms with Crippen molar-refractivity contribution >= 4 is 18.2 Å². The Morgan fingerprint density at radius 1 is 0.960 bits per heavy atom. The van der Waals surface area contributed by atoms with Gasteiger partial charge in [0.15, 0.2) is 0 Å². The van der Waals surface area contributed by atoms with Gasteiger partial charge in [0.05, 0.1) is 11.5 Å². The monoisotopic (exact) mass is 376 g/mol. The molecule has 0 heterocycles. The van der Waals surface area contributed by atoms with E-state index < -0.39 is 18.2 Å². The third-order valence-electron chi connectivity index (χ3n) is 4.11. The van der Waals surface area contributed by atoms with Crippen LogP contribution in [0.15, 0.2) is 53.4 Å². The van der Waals surface area contributed by atoms with Gasteiger partial charge in [0.2, 0.25) is 0 Å². The minimum absolute atomic E-state index is 0.0896. The fourth-order valence-corrected chi connectivity index (χ4v) is 5.66. The molecule has 0 saturated carbocycles. The Morgan fingerprint density at radius 3 is 2.16 bits per heavy atom. The third kappa shape index (κ3) is 6.10. The third-order valence-corrected chi connectivity index (χ3v) is 7.12. The highest BCUT2D eigenvalue weighted by Crippen LogP contribution is 2.29. The molecule has 2 aromatic rings. The Labute approximate surface area is 153 Å². The van der Waals surface area contributed by atoms with Crippen LogP contribution < -0.4 is 0 Å². The van der Waals surface area contributed by atoms with E-state index in [-0.39, 0.29) is 17.4 Å². The molecule has 0 fully saturated rings. The second-order valence-corrected chi connectivity index (χ2v) is 15.1. The van der Waals surface area contributed by atoms with E-state index in [1.165, 1.54) is 5.56 Å². The highest BCUT2D eigenvalue weighted by molar-refractivity contribution is 7.86. The van der Waals surface area contributed by atoms with Crippen LogP contribution in [0.3, 0.4) is 0 Å². The summed E-state index contributed by atoms with van der Waals surface area (Å²) in [7, 11) is -5.11. The molecule has 0 spiro atoms. The van der Waals surface area contributed by atoms with Crippen molar-refractivity contribution in [3.05, 3.63) is 65.2 Å². The molecule has 0 aliphatic rings. The molecule has 136 valence electrons. The predicted octanol–water partition coefficient (Wildman–Crippen LogP) is 5.13. The topological polar surface area (TPSA) is 43.4 Å². The summed E-state index contributed by atoms with van der Waals surface area (Å²) in [5, 5.41) is 0. The van der Waals surface area contributed by atoms with Crippen molar-refractivity contribution in [2.24, 2.45) is 0 Å². The van der Waals surface area contributed by atoms with Gasteiger partial charge in [0.25, 0.3) is 10.1 Å². The second kappa shape index (κ2) is 7.85. The molecule has 0 aliphatic carbocycles. The lowest BCUT2D eigenvalue weighted by Crippen LogP contribution is -2.26. The number of benzene rings is 2. The molecular formula is C20H28O3SSi. The van der Waals surface area contributed by atoms with Crippen LogP contribution in [0.1, 0.15) is 22.6 Å². The maximum absolute atomic E-state index is 12.5. The van der Waals surface area contributed by atoms with Crippen LogP contribution >= 0.6 is 0 Å². The summed E-state index contributed by atoms with van der Waals surface area (Å²) in [5.41, 5.74) is 3.36. The lowest BCUT2D eigenvalue weighted by atomic mass is 10.0. The van der Waals surface area contributed by atoms with Crippen LogP contribution in [-0.2, 0) is 14.3 Å². The van der Waals surface area contributed by atoms with Crippen molar-refractivity contribution in [2.75, 3.05) is 6.61 Å². The molecule has 0 bridgehead atoms. The van der Waals surface area contributed by atoms with Crippen LogP contribution in [0.4, 0.5) is 0 Å². The summed E-state index contributed by atoms with van der Waals surface area (Å²) >= 11 is 0. The minimum Gasteiger partial charge on any atom is -0.266 e. The van der Waals surface area contributed by atoms with Crippen LogP contribution in [-0.4, -0.2) is 23.1 Å². The standard InChI is InChI=1S/C20H28O3SSi/c1-16-9-11-20(12-10-16)24(21,22)23-14-19(15-25(3,4)5)18-8-6-7-17(2)13-18/h6-13,19H,14-15H2,1-5H3. The summed E-state index contributed by atoms with van der Waals surface area (Å²) in [5.74, 6) is 0.0896. The lowest BCUT2D eigenvalue weighted by Gasteiger charge is -2.25. The maximum Gasteiger partial charge on any atom is 0.296 e. The Balaban J connectivity index is 2.20. The van der Waals surface area contributed by atoms with E-state index in [0.717, 1.165) is 17.2 Å². The highest BCUT2D eigenvalue weighted by atomic mass is 32.2. The summed E-state index contributed by atoms with van der Waals surface area (Å²) in [6.45, 7) is 11.1. The van der Waals surface area contributed by atoms with Crippen molar-refractivity contribution in [1.29, 1.82) is 0 Å². The highest BCUT2D eigenvalue weighted by Gasteiger charge is 2.25. The number of aryl methyl sites for hydroxylation is 2. The molecule has 0 saturated heterocycles. The molecule has 0 amide bonds. The van der Waals surface area contributed by atoms with E-state index in [0.29, 0.717) is 0 Å². The van der Waals surface area contributed by atoms with Gasteiger partial charge in [0, 0.05) is 14.0 Å². The van der Waals surface area contributed by atoms with Crippen LogP contribution in [0.5, 0.6) is 0 Å². The Hall–Kier alpha value is -1.43. The average Bonchev–Trinajstić information content (AvgIpc) is 2.51. The van der Waals surface area contributed by atoms with Crippen molar-refractivity contribution in [3.8, 4) is 0 Å². The minimum atomic E-state index is -3.73. The van der Waals surface area contributed by atoms with E-state index in [1.54, 1.807) is 24.3 Å².